The van der Waals surface area contributed by atoms with E-state index in [4.69, 9.17) is 12.2 Å². The molecule has 1 heterocycles. The minimum Gasteiger partial charge on any atom is -0.383 e. The standard InChI is InChI=1S/C26H22N2OS/c1-27(2)18-23-25(30)22-17-20(14-13-19-9-5-3-6-10-19)15-16-24(22)28(26(23)29)21-11-7-4-8-12-21/h3-18H,1-2H3. The van der Waals surface area contributed by atoms with Gasteiger partial charge in [-0.05, 0) is 35.4 Å². The molecular formula is C26H22N2OS. The van der Waals surface area contributed by atoms with Crippen molar-refractivity contribution in [3.63, 3.8) is 0 Å². The average molecular weight is 411 g/mol. The molecule has 0 atom stereocenters. The van der Waals surface area contributed by atoms with E-state index in [9.17, 15) is 4.79 Å². The summed E-state index contributed by atoms with van der Waals surface area (Å²) in [6, 6.07) is 25.9. The SMILES string of the molecule is CN(C)C=C1C(=O)N(c2ccccc2)c2ccc(C=Cc3ccccc3)cc2C1=S. The molecule has 3 aromatic carbocycles. The van der Waals surface area contributed by atoms with Gasteiger partial charge >= 0.3 is 0 Å². The van der Waals surface area contributed by atoms with Crippen LogP contribution in [0, 0.1) is 0 Å². The van der Waals surface area contributed by atoms with Crippen LogP contribution in [0.25, 0.3) is 12.2 Å². The molecule has 0 aliphatic carbocycles. The van der Waals surface area contributed by atoms with Gasteiger partial charge in [-0.2, -0.15) is 0 Å². The number of nitrogens with zero attached hydrogens (tertiary/aromatic N) is 2. The molecule has 0 spiro atoms. The minimum atomic E-state index is -0.111. The third-order valence-corrected chi connectivity index (χ3v) is 5.29. The second-order valence-corrected chi connectivity index (χ2v) is 7.74. The molecule has 0 bridgehead atoms. The van der Waals surface area contributed by atoms with E-state index in [1.54, 1.807) is 11.1 Å². The molecule has 4 rings (SSSR count). The number of hydrogen-bond donors (Lipinski definition) is 0. The number of rotatable bonds is 4. The first-order chi connectivity index (χ1) is 14.5. The van der Waals surface area contributed by atoms with Gasteiger partial charge in [0, 0.05) is 31.5 Å². The highest BCUT2D eigenvalue weighted by atomic mass is 32.1. The van der Waals surface area contributed by atoms with E-state index in [1.165, 1.54) is 0 Å². The van der Waals surface area contributed by atoms with Gasteiger partial charge in [-0.25, -0.2) is 0 Å². The van der Waals surface area contributed by atoms with Gasteiger partial charge in [0.25, 0.3) is 5.91 Å². The minimum absolute atomic E-state index is 0.111. The molecule has 0 N–H and O–H groups in total. The number of hydrogen-bond acceptors (Lipinski definition) is 3. The molecule has 0 radical (unpaired) electrons. The molecule has 30 heavy (non-hydrogen) atoms. The summed E-state index contributed by atoms with van der Waals surface area (Å²) in [7, 11) is 3.79. The molecule has 0 aromatic heterocycles. The van der Waals surface area contributed by atoms with Crippen LogP contribution in [0.2, 0.25) is 0 Å². The fourth-order valence-corrected chi connectivity index (χ4v) is 3.77. The third-order valence-electron chi connectivity index (χ3n) is 4.85. The molecule has 0 saturated heterocycles. The monoisotopic (exact) mass is 410 g/mol. The van der Waals surface area contributed by atoms with E-state index in [1.807, 2.05) is 79.7 Å². The number of benzene rings is 3. The Balaban J connectivity index is 1.82. The van der Waals surface area contributed by atoms with Gasteiger partial charge in [-0.1, -0.05) is 79.0 Å². The predicted octanol–water partition coefficient (Wildman–Crippen LogP) is 5.70. The molecule has 148 valence electrons. The van der Waals surface area contributed by atoms with E-state index in [-0.39, 0.29) is 5.91 Å². The Kier molecular flexibility index (Phi) is 5.59. The number of carbonyl (C=O) groups is 1. The summed E-state index contributed by atoms with van der Waals surface area (Å²) >= 11 is 5.75. The van der Waals surface area contributed by atoms with Gasteiger partial charge in [0.1, 0.15) is 0 Å². The van der Waals surface area contributed by atoms with Crippen LogP contribution in [0.5, 0.6) is 0 Å². The highest BCUT2D eigenvalue weighted by molar-refractivity contribution is 7.81. The van der Waals surface area contributed by atoms with Crippen LogP contribution in [0.4, 0.5) is 11.4 Å². The van der Waals surface area contributed by atoms with Crippen molar-refractivity contribution in [1.29, 1.82) is 0 Å². The van der Waals surface area contributed by atoms with Crippen molar-refractivity contribution in [3.8, 4) is 0 Å². The van der Waals surface area contributed by atoms with Crippen LogP contribution in [0.3, 0.4) is 0 Å². The van der Waals surface area contributed by atoms with Crippen LogP contribution < -0.4 is 4.90 Å². The third kappa shape index (κ3) is 3.95. The number of anilines is 2. The van der Waals surface area contributed by atoms with Gasteiger partial charge < -0.3 is 4.90 Å². The molecule has 3 nitrogen and oxygen atoms in total. The maximum atomic E-state index is 13.4. The van der Waals surface area contributed by atoms with Crippen molar-refractivity contribution in [2.75, 3.05) is 19.0 Å². The molecule has 1 aliphatic heterocycles. The highest BCUT2D eigenvalue weighted by Crippen LogP contribution is 2.37. The van der Waals surface area contributed by atoms with Crippen molar-refractivity contribution in [2.45, 2.75) is 0 Å². The fourth-order valence-electron chi connectivity index (χ4n) is 3.47. The molecule has 3 aromatic rings. The van der Waals surface area contributed by atoms with Crippen LogP contribution in [0.15, 0.2) is 90.6 Å². The Morgan fingerprint density at radius 2 is 1.47 bits per heavy atom. The molecule has 0 unspecified atom stereocenters. The lowest BCUT2D eigenvalue weighted by atomic mass is 9.94. The summed E-state index contributed by atoms with van der Waals surface area (Å²) in [4.78, 5) is 17.5. The lowest BCUT2D eigenvalue weighted by Gasteiger charge is -2.32. The normalized spacial score (nSPS) is 15.0. The fraction of sp³-hybridized carbons (Fsp3) is 0.0769. The van der Waals surface area contributed by atoms with Gasteiger partial charge in [0.2, 0.25) is 0 Å². The first kappa shape index (κ1) is 19.8. The van der Waals surface area contributed by atoms with Gasteiger partial charge in [0.15, 0.2) is 0 Å². The smallest absolute Gasteiger partial charge is 0.265 e. The summed E-state index contributed by atoms with van der Waals surface area (Å²) in [5, 5.41) is 0. The van der Waals surface area contributed by atoms with E-state index in [2.05, 4.69) is 30.4 Å². The van der Waals surface area contributed by atoms with E-state index >= 15 is 0 Å². The molecule has 0 saturated carbocycles. The van der Waals surface area contributed by atoms with E-state index in [0.29, 0.717) is 10.4 Å². The maximum absolute atomic E-state index is 13.4. The first-order valence-electron chi connectivity index (χ1n) is 9.74. The lowest BCUT2D eigenvalue weighted by Crippen LogP contribution is -2.36. The second kappa shape index (κ2) is 8.47. The highest BCUT2D eigenvalue weighted by Gasteiger charge is 2.33. The lowest BCUT2D eigenvalue weighted by molar-refractivity contribution is -0.114. The van der Waals surface area contributed by atoms with Crippen molar-refractivity contribution in [3.05, 3.63) is 107 Å². The average Bonchev–Trinajstić information content (AvgIpc) is 2.77. The summed E-state index contributed by atoms with van der Waals surface area (Å²) in [5.74, 6) is -0.111. The Labute approximate surface area is 182 Å². The van der Waals surface area contributed by atoms with Gasteiger partial charge in [0.05, 0.1) is 16.1 Å². The first-order valence-corrected chi connectivity index (χ1v) is 10.1. The number of fused-ring (bicyclic) bond motifs is 1. The zero-order valence-corrected chi connectivity index (χ0v) is 17.8. The number of para-hydroxylation sites is 1. The van der Waals surface area contributed by atoms with Crippen molar-refractivity contribution >= 4 is 46.5 Å². The van der Waals surface area contributed by atoms with Crippen molar-refractivity contribution in [2.24, 2.45) is 0 Å². The van der Waals surface area contributed by atoms with Crippen LogP contribution in [0.1, 0.15) is 16.7 Å². The Morgan fingerprint density at radius 1 is 0.833 bits per heavy atom. The van der Waals surface area contributed by atoms with Gasteiger partial charge in [-0.15, -0.1) is 0 Å². The van der Waals surface area contributed by atoms with Crippen LogP contribution in [-0.4, -0.2) is 29.8 Å². The van der Waals surface area contributed by atoms with Crippen molar-refractivity contribution in [1.82, 2.24) is 4.90 Å². The second-order valence-electron chi connectivity index (χ2n) is 7.33. The Morgan fingerprint density at radius 3 is 2.13 bits per heavy atom. The number of amides is 1. The molecular weight excluding hydrogens is 388 g/mol. The van der Waals surface area contributed by atoms with Crippen LogP contribution >= 0.6 is 12.2 Å². The maximum Gasteiger partial charge on any atom is 0.265 e. The summed E-state index contributed by atoms with van der Waals surface area (Å²) in [6.45, 7) is 0. The van der Waals surface area contributed by atoms with E-state index in [0.717, 1.165) is 28.1 Å². The molecule has 0 fully saturated rings. The molecule has 1 amide bonds. The summed E-state index contributed by atoms with van der Waals surface area (Å²) in [6.07, 6.45) is 5.94. The summed E-state index contributed by atoms with van der Waals surface area (Å²) in [5.41, 5.74) is 5.21. The quantitative estimate of drug-likeness (QED) is 0.313. The van der Waals surface area contributed by atoms with Crippen LogP contribution in [-0.2, 0) is 4.79 Å². The zero-order chi connectivity index (χ0) is 21.1. The molecule has 4 heteroatoms. The largest absolute Gasteiger partial charge is 0.383 e. The predicted molar refractivity (Wildman–Crippen MR) is 129 cm³/mol. The number of carbonyl (C=O) groups excluding carboxylic acids is 1. The van der Waals surface area contributed by atoms with Crippen molar-refractivity contribution < 1.29 is 4.79 Å². The zero-order valence-electron chi connectivity index (χ0n) is 16.9. The summed E-state index contributed by atoms with van der Waals surface area (Å²) < 4.78 is 0. The topological polar surface area (TPSA) is 23.6 Å². The Hall–Kier alpha value is -3.50. The number of thiocarbonyl (C=S) groups is 1. The Bertz CT molecular complexity index is 1150. The van der Waals surface area contributed by atoms with E-state index < -0.39 is 0 Å². The van der Waals surface area contributed by atoms with Gasteiger partial charge in [-0.3, -0.25) is 9.69 Å². The molecule has 1 aliphatic rings.